The number of allylic oxidation sites excluding steroid dienone is 2. The molecule has 0 amide bonds. The number of nitrogens with zero attached hydrogens (tertiary/aromatic N) is 3. The summed E-state index contributed by atoms with van der Waals surface area (Å²) in [6.07, 6.45) is 4.68. The molecule has 2 unspecified atom stereocenters. The van der Waals surface area contributed by atoms with Gasteiger partial charge in [0.1, 0.15) is 11.6 Å². The molecule has 0 spiro atoms. The molecule has 3 aromatic carbocycles. The fraction of sp³-hybridized carbons (Fsp3) is 0.212. The highest BCUT2D eigenvalue weighted by Crippen LogP contribution is 2.49. The minimum Gasteiger partial charge on any atom is -0.391 e. The number of ketones is 1. The number of carbonyl (C=O) groups excluding carboxylic acids is 1. The molecule has 2 aliphatic carbocycles. The molecule has 1 aromatic heterocycles. The van der Waals surface area contributed by atoms with Crippen LogP contribution in [0, 0.1) is 23.5 Å². The lowest BCUT2D eigenvalue weighted by Gasteiger charge is -2.14. The molecule has 1 aliphatic heterocycles. The maximum absolute atomic E-state index is 14.8. The Morgan fingerprint density at radius 2 is 1.81 bits per heavy atom. The van der Waals surface area contributed by atoms with E-state index in [0.29, 0.717) is 44.8 Å². The van der Waals surface area contributed by atoms with E-state index in [1.54, 1.807) is 24.4 Å². The first-order chi connectivity index (χ1) is 20.4. The van der Waals surface area contributed by atoms with Crippen LogP contribution in [0.2, 0.25) is 5.02 Å². The highest BCUT2D eigenvalue weighted by molar-refractivity contribution is 6.31. The van der Waals surface area contributed by atoms with Crippen molar-refractivity contribution >= 4 is 34.7 Å². The summed E-state index contributed by atoms with van der Waals surface area (Å²) in [5.41, 5.74) is 6.28. The van der Waals surface area contributed by atoms with E-state index in [1.165, 1.54) is 29.5 Å². The normalized spacial score (nSPS) is 18.7. The van der Waals surface area contributed by atoms with Gasteiger partial charge in [0.25, 0.3) is 0 Å². The van der Waals surface area contributed by atoms with Crippen LogP contribution in [0.1, 0.15) is 46.3 Å². The van der Waals surface area contributed by atoms with Crippen LogP contribution in [0.4, 0.5) is 20.4 Å². The quantitative estimate of drug-likeness (QED) is 0.234. The predicted octanol–water partition coefficient (Wildman–Crippen LogP) is 7.26. The Labute approximate surface area is 246 Å². The van der Waals surface area contributed by atoms with Gasteiger partial charge >= 0.3 is 0 Å². The highest BCUT2D eigenvalue weighted by Gasteiger charge is 2.43. The summed E-state index contributed by atoms with van der Waals surface area (Å²) in [5, 5.41) is 6.91. The summed E-state index contributed by atoms with van der Waals surface area (Å²) in [6.45, 7) is 0.135. The van der Waals surface area contributed by atoms with Gasteiger partial charge in [0.15, 0.2) is 5.78 Å². The lowest BCUT2D eigenvalue weighted by Crippen LogP contribution is -2.17. The van der Waals surface area contributed by atoms with Crippen molar-refractivity contribution in [2.45, 2.75) is 25.8 Å². The Kier molecular flexibility index (Phi) is 6.58. The number of hydrogen-bond acceptors (Lipinski definition) is 6. The van der Waals surface area contributed by atoms with E-state index in [4.69, 9.17) is 16.6 Å². The standard InChI is InChI=1S/C33H26ClF2N5O/c1-37-27-13-18-7-11-23(27)28(18)32(42)17-5-9-21(10-6-17)40-33-39-16-19-15-38-31(29-25(35)3-2-4-26(29)36)24-14-20(34)8-12-22(24)30(19)41-33/h2-6,8-10,12,14,16,18,28,37H,7,11,13,15H2,1H3,(H,39,40,41). The number of nitrogens with one attached hydrogen (secondary N) is 2. The van der Waals surface area contributed by atoms with E-state index in [1.807, 2.05) is 31.3 Å². The third kappa shape index (κ3) is 4.47. The molecule has 7 rings (SSSR count). The van der Waals surface area contributed by atoms with Gasteiger partial charge in [-0.2, -0.15) is 0 Å². The molecule has 2 N–H and O–H groups in total. The molecule has 6 nitrogen and oxygen atoms in total. The number of aliphatic imine (C=N–C) groups is 1. The molecule has 2 bridgehead atoms. The van der Waals surface area contributed by atoms with Crippen molar-refractivity contribution in [2.75, 3.05) is 12.4 Å². The molecule has 1 saturated carbocycles. The van der Waals surface area contributed by atoms with Gasteiger partial charge in [0, 0.05) is 57.8 Å². The molecule has 4 aromatic rings. The Hall–Kier alpha value is -4.43. The number of fused-ring (bicyclic) bond motifs is 5. The summed E-state index contributed by atoms with van der Waals surface area (Å²) in [7, 11) is 1.93. The van der Waals surface area contributed by atoms with E-state index in [0.717, 1.165) is 24.9 Å². The average molecular weight is 582 g/mol. The van der Waals surface area contributed by atoms with E-state index in [-0.39, 0.29) is 29.5 Å². The topological polar surface area (TPSA) is 79.3 Å². The molecule has 0 radical (unpaired) electrons. The van der Waals surface area contributed by atoms with Crippen molar-refractivity contribution in [3.8, 4) is 11.3 Å². The second-order valence-corrected chi connectivity index (χ2v) is 11.3. The first kappa shape index (κ1) is 26.5. The Morgan fingerprint density at radius 3 is 2.55 bits per heavy atom. The fourth-order valence-electron chi connectivity index (χ4n) is 6.48. The van der Waals surface area contributed by atoms with E-state index >= 15 is 0 Å². The van der Waals surface area contributed by atoms with Crippen LogP contribution in [0.15, 0.2) is 83.1 Å². The maximum atomic E-state index is 14.8. The van der Waals surface area contributed by atoms with Gasteiger partial charge in [-0.1, -0.05) is 23.7 Å². The van der Waals surface area contributed by atoms with E-state index in [9.17, 15) is 13.6 Å². The fourth-order valence-corrected chi connectivity index (χ4v) is 6.65. The molecule has 1 fully saturated rings. The molecular weight excluding hydrogens is 556 g/mol. The second kappa shape index (κ2) is 10.4. The summed E-state index contributed by atoms with van der Waals surface area (Å²) in [6, 6.07) is 16.2. The molecular formula is C33H26ClF2N5O. The van der Waals surface area contributed by atoms with Gasteiger partial charge in [-0.3, -0.25) is 9.79 Å². The van der Waals surface area contributed by atoms with Gasteiger partial charge in [-0.25, -0.2) is 18.7 Å². The largest absolute Gasteiger partial charge is 0.391 e. The SMILES string of the molecule is CNC1=C2CCC(C1)C2C(=O)c1ccc(Nc2ncc3c(n2)-c2ccc(Cl)cc2C(c2c(F)cccc2F)=NC3)cc1. The van der Waals surface area contributed by atoms with Crippen molar-refractivity contribution in [1.82, 2.24) is 15.3 Å². The summed E-state index contributed by atoms with van der Waals surface area (Å²) >= 11 is 6.32. The Bertz CT molecular complexity index is 1800. The van der Waals surface area contributed by atoms with Crippen LogP contribution in [0.25, 0.3) is 11.3 Å². The highest BCUT2D eigenvalue weighted by atomic mass is 35.5. The molecule has 210 valence electrons. The zero-order valence-corrected chi connectivity index (χ0v) is 23.5. The zero-order chi connectivity index (χ0) is 29.0. The average Bonchev–Trinajstić information content (AvgIpc) is 3.53. The first-order valence-electron chi connectivity index (χ1n) is 13.9. The van der Waals surface area contributed by atoms with Crippen molar-refractivity contribution in [3.63, 3.8) is 0 Å². The number of hydrogen-bond donors (Lipinski definition) is 2. The number of benzene rings is 3. The van der Waals surface area contributed by atoms with Crippen LogP contribution >= 0.6 is 11.6 Å². The van der Waals surface area contributed by atoms with Gasteiger partial charge in [-0.05, 0) is 79.3 Å². The van der Waals surface area contributed by atoms with Crippen molar-refractivity contribution < 1.29 is 13.6 Å². The second-order valence-electron chi connectivity index (χ2n) is 10.8. The maximum Gasteiger partial charge on any atom is 0.227 e. The summed E-state index contributed by atoms with van der Waals surface area (Å²) < 4.78 is 29.6. The number of halogens is 3. The third-order valence-electron chi connectivity index (χ3n) is 8.46. The number of carbonyl (C=O) groups is 1. The van der Waals surface area contributed by atoms with E-state index < -0.39 is 11.6 Å². The van der Waals surface area contributed by atoms with E-state index in [2.05, 4.69) is 20.6 Å². The zero-order valence-electron chi connectivity index (χ0n) is 22.7. The smallest absolute Gasteiger partial charge is 0.227 e. The molecule has 2 heterocycles. The van der Waals surface area contributed by atoms with Gasteiger partial charge < -0.3 is 10.6 Å². The van der Waals surface area contributed by atoms with Gasteiger partial charge in [0.2, 0.25) is 5.95 Å². The lowest BCUT2D eigenvalue weighted by atomic mass is 9.89. The van der Waals surface area contributed by atoms with Crippen LogP contribution in [-0.2, 0) is 6.54 Å². The number of Topliss-reactive ketones (excluding diaryl/α,β-unsaturated/α-hetero) is 1. The van der Waals surface area contributed by atoms with Crippen LogP contribution in [0.3, 0.4) is 0 Å². The monoisotopic (exact) mass is 581 g/mol. The van der Waals surface area contributed by atoms with Crippen molar-refractivity contribution in [1.29, 1.82) is 0 Å². The van der Waals surface area contributed by atoms with Crippen LogP contribution in [-0.4, -0.2) is 28.5 Å². The minimum atomic E-state index is -0.708. The van der Waals surface area contributed by atoms with Gasteiger partial charge in [-0.15, -0.1) is 0 Å². The van der Waals surface area contributed by atoms with Crippen molar-refractivity contribution in [2.24, 2.45) is 16.8 Å². The Balaban J connectivity index is 1.18. The molecule has 42 heavy (non-hydrogen) atoms. The summed E-state index contributed by atoms with van der Waals surface area (Å²) in [4.78, 5) is 27.2. The molecule has 9 heteroatoms. The lowest BCUT2D eigenvalue weighted by molar-refractivity contribution is 0.0921. The predicted molar refractivity (Wildman–Crippen MR) is 159 cm³/mol. The Morgan fingerprint density at radius 1 is 1.02 bits per heavy atom. The van der Waals surface area contributed by atoms with Gasteiger partial charge in [0.05, 0.1) is 23.5 Å². The number of anilines is 2. The number of rotatable bonds is 6. The summed E-state index contributed by atoms with van der Waals surface area (Å²) in [5.74, 6) is -0.549. The third-order valence-corrected chi connectivity index (χ3v) is 8.69. The first-order valence-corrected chi connectivity index (χ1v) is 14.2. The van der Waals surface area contributed by atoms with Crippen LogP contribution in [0.5, 0.6) is 0 Å². The molecule has 3 aliphatic rings. The molecule has 0 saturated heterocycles. The van der Waals surface area contributed by atoms with Crippen LogP contribution < -0.4 is 10.6 Å². The number of aromatic nitrogens is 2. The van der Waals surface area contributed by atoms with Crippen molar-refractivity contribution in [3.05, 3.63) is 117 Å². The molecule has 2 atom stereocenters. The minimum absolute atomic E-state index is 0.0299.